The Balaban J connectivity index is 1.62. The van der Waals surface area contributed by atoms with Crippen LogP contribution >= 0.6 is 0 Å². The van der Waals surface area contributed by atoms with E-state index in [1.807, 2.05) is 0 Å². The van der Waals surface area contributed by atoms with Crippen LogP contribution in [-0.2, 0) is 24.2 Å². The molecule has 0 fully saturated rings. The van der Waals surface area contributed by atoms with Gasteiger partial charge in [0.1, 0.15) is 0 Å². The van der Waals surface area contributed by atoms with Crippen molar-refractivity contribution in [2.75, 3.05) is 23.9 Å². The molecule has 7 nitrogen and oxygen atoms in total. The molecular weight excluding hydrogens is 401 g/mol. The lowest BCUT2D eigenvalue weighted by Gasteiger charge is -2.27. The molecule has 0 spiro atoms. The second-order valence-electron chi connectivity index (χ2n) is 6.20. The summed E-state index contributed by atoms with van der Waals surface area (Å²) in [5.41, 5.74) is 0.475. The van der Waals surface area contributed by atoms with Crippen LogP contribution < -0.4 is 9.64 Å². The number of hydrogen-bond donors (Lipinski definition) is 0. The zero-order valence-corrected chi connectivity index (χ0v) is 16.0. The van der Waals surface area contributed by atoms with Crippen LogP contribution in [0.1, 0.15) is 0 Å². The second kappa shape index (κ2) is 8.87. The van der Waals surface area contributed by atoms with Crippen molar-refractivity contribution in [2.24, 2.45) is 0 Å². The number of nitrogens with zero attached hydrogens (tertiary/aromatic N) is 1. The lowest BCUT2D eigenvalue weighted by molar-refractivity contribution is -0.149. The zero-order chi connectivity index (χ0) is 20.9. The van der Waals surface area contributed by atoms with Crippen LogP contribution in [0.2, 0.25) is 0 Å². The number of rotatable bonds is 7. The molecule has 1 atom stereocenters. The van der Waals surface area contributed by atoms with Crippen molar-refractivity contribution in [3.63, 3.8) is 0 Å². The molecule has 2 aromatic carbocycles. The molecule has 0 aliphatic carbocycles. The normalized spacial score (nSPS) is 16.9. The van der Waals surface area contributed by atoms with Gasteiger partial charge >= 0.3 is 5.97 Å². The van der Waals surface area contributed by atoms with Gasteiger partial charge < -0.3 is 14.4 Å². The maximum Gasteiger partial charge on any atom is 0.344 e. The Kier molecular flexibility index (Phi) is 6.28. The van der Waals surface area contributed by atoms with Gasteiger partial charge in [0.15, 0.2) is 34.6 Å². The Bertz CT molecular complexity index is 1020. The average molecular weight is 419 g/mol. The van der Waals surface area contributed by atoms with Crippen molar-refractivity contribution in [3.05, 3.63) is 71.9 Å². The standard InChI is InChI=1S/C20H18FNO6S/c21-17-8-4-5-9-18(17)27-13-20(24)28-12-19(23)22(15-6-2-1-3-7-15)16-10-11-29(25,26)14-16/h1-11,16H,12-14H2/t16-/m1/s1. The Morgan fingerprint density at radius 1 is 1.03 bits per heavy atom. The number of halogens is 1. The summed E-state index contributed by atoms with van der Waals surface area (Å²) < 4.78 is 47.0. The first-order valence-electron chi connectivity index (χ1n) is 8.67. The molecule has 1 aliphatic rings. The van der Waals surface area contributed by atoms with Gasteiger partial charge in [-0.2, -0.15) is 0 Å². The highest BCUT2D eigenvalue weighted by molar-refractivity contribution is 7.94. The maximum atomic E-state index is 13.5. The number of hydrogen-bond acceptors (Lipinski definition) is 6. The number of benzene rings is 2. The van der Waals surface area contributed by atoms with Gasteiger partial charge in [-0.1, -0.05) is 30.3 Å². The fraction of sp³-hybridized carbons (Fsp3) is 0.200. The fourth-order valence-corrected chi connectivity index (χ4v) is 4.05. The summed E-state index contributed by atoms with van der Waals surface area (Å²) in [6, 6.07) is 13.3. The number of para-hydroxylation sites is 2. The van der Waals surface area contributed by atoms with Gasteiger partial charge in [0.2, 0.25) is 0 Å². The van der Waals surface area contributed by atoms with Crippen LogP contribution in [0.5, 0.6) is 5.75 Å². The minimum Gasteiger partial charge on any atom is -0.479 e. The van der Waals surface area contributed by atoms with E-state index in [1.54, 1.807) is 36.4 Å². The molecule has 0 bridgehead atoms. The third kappa shape index (κ3) is 5.41. The minimum atomic E-state index is -3.39. The predicted octanol–water partition coefficient (Wildman–Crippen LogP) is 2.09. The van der Waals surface area contributed by atoms with Crippen molar-refractivity contribution in [1.82, 2.24) is 0 Å². The first kappa shape index (κ1) is 20.5. The quantitative estimate of drug-likeness (QED) is 0.639. The molecule has 152 valence electrons. The van der Waals surface area contributed by atoms with Crippen molar-refractivity contribution in [3.8, 4) is 5.75 Å². The van der Waals surface area contributed by atoms with Crippen molar-refractivity contribution >= 4 is 27.4 Å². The molecule has 0 N–H and O–H groups in total. The SMILES string of the molecule is O=C(COc1ccccc1F)OCC(=O)N(c1ccccc1)[C@@H]1C=CS(=O)(=O)C1. The lowest BCUT2D eigenvalue weighted by atomic mass is 10.2. The number of carbonyl (C=O) groups is 2. The molecule has 0 radical (unpaired) electrons. The summed E-state index contributed by atoms with van der Waals surface area (Å²) in [5, 5.41) is 1.06. The first-order chi connectivity index (χ1) is 13.9. The van der Waals surface area contributed by atoms with Crippen molar-refractivity contribution in [1.29, 1.82) is 0 Å². The summed E-state index contributed by atoms with van der Waals surface area (Å²) in [7, 11) is -3.39. The van der Waals surface area contributed by atoms with Crippen LogP contribution in [-0.4, -0.2) is 45.3 Å². The first-order valence-corrected chi connectivity index (χ1v) is 10.4. The predicted molar refractivity (Wildman–Crippen MR) is 103 cm³/mol. The zero-order valence-electron chi connectivity index (χ0n) is 15.2. The largest absolute Gasteiger partial charge is 0.479 e. The Morgan fingerprint density at radius 3 is 2.38 bits per heavy atom. The van der Waals surface area contributed by atoms with Gasteiger partial charge in [-0.3, -0.25) is 4.79 Å². The van der Waals surface area contributed by atoms with Gasteiger partial charge in [0, 0.05) is 11.1 Å². The highest BCUT2D eigenvalue weighted by Gasteiger charge is 2.31. The topological polar surface area (TPSA) is 90.0 Å². The molecule has 0 unspecified atom stereocenters. The highest BCUT2D eigenvalue weighted by Crippen LogP contribution is 2.23. The van der Waals surface area contributed by atoms with Gasteiger partial charge in [0.25, 0.3) is 5.91 Å². The third-order valence-electron chi connectivity index (χ3n) is 4.08. The second-order valence-corrected chi connectivity index (χ2v) is 8.14. The van der Waals surface area contributed by atoms with Gasteiger partial charge in [-0.25, -0.2) is 17.6 Å². The van der Waals surface area contributed by atoms with Gasteiger partial charge in [-0.05, 0) is 30.3 Å². The molecule has 3 rings (SSSR count). The summed E-state index contributed by atoms with van der Waals surface area (Å²) >= 11 is 0. The number of sulfone groups is 1. The van der Waals surface area contributed by atoms with E-state index in [-0.39, 0.29) is 11.5 Å². The molecule has 0 aromatic heterocycles. The van der Waals surface area contributed by atoms with Crippen LogP contribution in [0.25, 0.3) is 0 Å². The number of anilines is 1. The Labute approximate surface area is 167 Å². The fourth-order valence-electron chi connectivity index (χ4n) is 2.78. The average Bonchev–Trinajstić information content (AvgIpc) is 3.06. The smallest absolute Gasteiger partial charge is 0.344 e. The number of ether oxygens (including phenoxy) is 2. The van der Waals surface area contributed by atoms with E-state index in [2.05, 4.69) is 0 Å². The van der Waals surface area contributed by atoms with Crippen molar-refractivity contribution < 1.29 is 31.9 Å². The van der Waals surface area contributed by atoms with Gasteiger partial charge in [0.05, 0.1) is 11.8 Å². The summed E-state index contributed by atoms with van der Waals surface area (Å²) in [4.78, 5) is 25.8. The van der Waals surface area contributed by atoms with Gasteiger partial charge in [-0.15, -0.1) is 0 Å². The van der Waals surface area contributed by atoms with E-state index in [4.69, 9.17) is 9.47 Å². The maximum absolute atomic E-state index is 13.5. The molecule has 1 heterocycles. The number of amides is 1. The minimum absolute atomic E-state index is 0.108. The molecule has 1 aliphatic heterocycles. The summed E-state index contributed by atoms with van der Waals surface area (Å²) in [6.07, 6.45) is 1.42. The third-order valence-corrected chi connectivity index (χ3v) is 5.46. The molecule has 0 saturated heterocycles. The van der Waals surface area contributed by atoms with Crippen LogP contribution in [0.3, 0.4) is 0 Å². The lowest BCUT2D eigenvalue weighted by Crippen LogP contribution is -2.43. The van der Waals surface area contributed by atoms with E-state index in [0.29, 0.717) is 5.69 Å². The number of esters is 1. The molecule has 0 saturated carbocycles. The van der Waals surface area contributed by atoms with E-state index in [0.717, 1.165) is 5.41 Å². The van der Waals surface area contributed by atoms with Crippen LogP contribution in [0.15, 0.2) is 66.1 Å². The Hall–Kier alpha value is -3.20. The van der Waals surface area contributed by atoms with Crippen LogP contribution in [0.4, 0.5) is 10.1 Å². The van der Waals surface area contributed by atoms with Crippen molar-refractivity contribution in [2.45, 2.75) is 6.04 Å². The summed E-state index contributed by atoms with van der Waals surface area (Å²) in [5.74, 6) is -2.44. The molecule has 2 aromatic rings. The van der Waals surface area contributed by atoms with Crippen LogP contribution in [0, 0.1) is 5.82 Å². The van der Waals surface area contributed by atoms with E-state index < -0.39 is 46.8 Å². The Morgan fingerprint density at radius 2 is 1.72 bits per heavy atom. The molecular formula is C20H18FNO6S. The molecule has 9 heteroatoms. The van der Waals surface area contributed by atoms with E-state index in [1.165, 1.54) is 29.2 Å². The highest BCUT2D eigenvalue weighted by atomic mass is 32.2. The number of carbonyl (C=O) groups excluding carboxylic acids is 2. The molecule has 1 amide bonds. The monoisotopic (exact) mass is 419 g/mol. The summed E-state index contributed by atoms with van der Waals surface area (Å²) in [6.45, 7) is -1.18. The van der Waals surface area contributed by atoms with E-state index >= 15 is 0 Å². The van der Waals surface area contributed by atoms with E-state index in [9.17, 15) is 22.4 Å². The molecule has 29 heavy (non-hydrogen) atoms.